The topological polar surface area (TPSA) is 57.5 Å². The molecule has 3 atom stereocenters. The van der Waals surface area contributed by atoms with Crippen LogP contribution in [0.5, 0.6) is 0 Å². The summed E-state index contributed by atoms with van der Waals surface area (Å²) < 4.78 is 13.2. The molecule has 0 heterocycles. The van der Waals surface area contributed by atoms with E-state index < -0.39 is 23.7 Å². The van der Waals surface area contributed by atoms with E-state index in [1.54, 1.807) is 30.3 Å². The van der Waals surface area contributed by atoms with E-state index in [-0.39, 0.29) is 6.42 Å². The van der Waals surface area contributed by atoms with Crippen molar-refractivity contribution in [3.8, 4) is 0 Å². The van der Waals surface area contributed by atoms with E-state index in [1.165, 1.54) is 0 Å². The summed E-state index contributed by atoms with van der Waals surface area (Å²) in [5, 5.41) is 19.7. The zero-order valence-corrected chi connectivity index (χ0v) is 9.34. The van der Waals surface area contributed by atoms with E-state index in [0.29, 0.717) is 18.4 Å². The Morgan fingerprint density at radius 2 is 1.94 bits per heavy atom. The van der Waals surface area contributed by atoms with Crippen LogP contribution < -0.4 is 0 Å². The molecule has 3 nitrogen and oxygen atoms in total. The number of rotatable bonds is 3. The van der Waals surface area contributed by atoms with Crippen molar-refractivity contribution in [2.75, 3.05) is 0 Å². The minimum absolute atomic E-state index is 0.109. The van der Waals surface area contributed by atoms with Crippen molar-refractivity contribution in [1.82, 2.24) is 0 Å². The van der Waals surface area contributed by atoms with Crippen LogP contribution in [0.3, 0.4) is 0 Å². The van der Waals surface area contributed by atoms with Crippen LogP contribution >= 0.6 is 0 Å². The molecule has 0 saturated heterocycles. The van der Waals surface area contributed by atoms with E-state index in [2.05, 4.69) is 0 Å². The molecular weight excluding hydrogens is 223 g/mol. The Morgan fingerprint density at radius 3 is 2.41 bits per heavy atom. The lowest BCUT2D eigenvalue weighted by molar-refractivity contribution is -0.166. The number of alkyl halides is 1. The van der Waals surface area contributed by atoms with E-state index in [4.69, 9.17) is 0 Å². The highest BCUT2D eigenvalue weighted by molar-refractivity contribution is 5.79. The number of halogens is 1. The summed E-state index contributed by atoms with van der Waals surface area (Å²) >= 11 is 0. The minimum atomic E-state index is -1.97. The fraction of sp³-hybridized carbons (Fsp3) is 0.462. The minimum Gasteiger partial charge on any atom is -0.479 e. The smallest absolute Gasteiger partial charge is 0.340 e. The maximum atomic E-state index is 13.2. The van der Waals surface area contributed by atoms with Gasteiger partial charge in [0.1, 0.15) is 6.17 Å². The van der Waals surface area contributed by atoms with Gasteiger partial charge >= 0.3 is 5.97 Å². The maximum absolute atomic E-state index is 13.2. The average molecular weight is 238 g/mol. The standard InChI is InChI=1S/C13H15FO3/c14-11-7-6-10(8-11)13(17,12(15)16)9-4-2-1-3-5-9/h1-5,10-11,17H,6-8H2,(H,15,16)/t10?,11?,13-/m1/s1. The van der Waals surface area contributed by atoms with Gasteiger partial charge in [-0.1, -0.05) is 30.3 Å². The molecule has 92 valence electrons. The van der Waals surface area contributed by atoms with Crippen LogP contribution in [0, 0.1) is 5.92 Å². The maximum Gasteiger partial charge on any atom is 0.340 e. The molecule has 0 spiro atoms. The number of aliphatic hydroxyl groups is 1. The number of hydrogen-bond acceptors (Lipinski definition) is 2. The van der Waals surface area contributed by atoms with Crippen LogP contribution in [0.4, 0.5) is 4.39 Å². The Bertz CT molecular complexity index is 406. The number of carboxylic acid groups (broad SMARTS) is 1. The second-order valence-corrected chi connectivity index (χ2v) is 4.54. The molecule has 1 aromatic rings. The van der Waals surface area contributed by atoms with Crippen molar-refractivity contribution < 1.29 is 19.4 Å². The van der Waals surface area contributed by atoms with Crippen LogP contribution in [0.2, 0.25) is 0 Å². The Morgan fingerprint density at radius 1 is 1.29 bits per heavy atom. The summed E-state index contributed by atoms with van der Waals surface area (Å²) in [7, 11) is 0. The number of aliphatic carboxylic acids is 1. The van der Waals surface area contributed by atoms with Crippen molar-refractivity contribution in [3.05, 3.63) is 35.9 Å². The van der Waals surface area contributed by atoms with Gasteiger partial charge in [0.2, 0.25) is 0 Å². The van der Waals surface area contributed by atoms with Crippen molar-refractivity contribution in [3.63, 3.8) is 0 Å². The van der Waals surface area contributed by atoms with E-state index in [0.717, 1.165) is 0 Å². The largest absolute Gasteiger partial charge is 0.479 e. The molecule has 1 saturated carbocycles. The van der Waals surface area contributed by atoms with Crippen LogP contribution in [0.15, 0.2) is 30.3 Å². The van der Waals surface area contributed by atoms with Crippen LogP contribution in [-0.4, -0.2) is 22.4 Å². The molecule has 2 N–H and O–H groups in total. The van der Waals surface area contributed by atoms with E-state index in [9.17, 15) is 19.4 Å². The molecule has 1 aliphatic rings. The molecule has 2 rings (SSSR count). The fourth-order valence-corrected chi connectivity index (χ4v) is 2.53. The normalized spacial score (nSPS) is 27.6. The molecule has 1 fully saturated rings. The van der Waals surface area contributed by atoms with Crippen LogP contribution in [0.1, 0.15) is 24.8 Å². The molecule has 0 aromatic heterocycles. The monoisotopic (exact) mass is 238 g/mol. The van der Waals surface area contributed by atoms with Crippen molar-refractivity contribution >= 4 is 5.97 Å². The lowest BCUT2D eigenvalue weighted by atomic mass is 9.80. The third-order valence-electron chi connectivity index (χ3n) is 3.50. The van der Waals surface area contributed by atoms with Gasteiger partial charge in [-0.3, -0.25) is 0 Å². The lowest BCUT2D eigenvalue weighted by Gasteiger charge is -2.30. The lowest BCUT2D eigenvalue weighted by Crippen LogP contribution is -2.42. The third-order valence-corrected chi connectivity index (χ3v) is 3.50. The fourth-order valence-electron chi connectivity index (χ4n) is 2.53. The van der Waals surface area contributed by atoms with Crippen molar-refractivity contribution in [2.45, 2.75) is 31.0 Å². The second kappa shape index (κ2) is 4.45. The Balaban J connectivity index is 2.37. The average Bonchev–Trinajstić information content (AvgIpc) is 2.76. The Kier molecular flexibility index (Phi) is 3.15. The van der Waals surface area contributed by atoms with Crippen LogP contribution in [-0.2, 0) is 10.4 Å². The first-order valence-corrected chi connectivity index (χ1v) is 5.70. The molecular formula is C13H15FO3. The predicted molar refractivity (Wildman–Crippen MR) is 60.2 cm³/mol. The Labute approximate surface area is 98.9 Å². The quantitative estimate of drug-likeness (QED) is 0.847. The van der Waals surface area contributed by atoms with E-state index >= 15 is 0 Å². The molecule has 4 heteroatoms. The second-order valence-electron chi connectivity index (χ2n) is 4.54. The van der Waals surface area contributed by atoms with Gasteiger partial charge in [0, 0.05) is 5.92 Å². The number of carbonyl (C=O) groups is 1. The summed E-state index contributed by atoms with van der Waals surface area (Å²) in [6.45, 7) is 0. The van der Waals surface area contributed by atoms with Gasteiger partial charge in [-0.15, -0.1) is 0 Å². The van der Waals surface area contributed by atoms with Gasteiger partial charge in [0.25, 0.3) is 0 Å². The van der Waals surface area contributed by atoms with E-state index in [1.807, 2.05) is 0 Å². The first-order chi connectivity index (χ1) is 8.05. The molecule has 1 aliphatic carbocycles. The molecule has 17 heavy (non-hydrogen) atoms. The number of hydrogen-bond donors (Lipinski definition) is 2. The molecule has 0 amide bonds. The van der Waals surface area contributed by atoms with Gasteiger partial charge in [0.15, 0.2) is 5.60 Å². The van der Waals surface area contributed by atoms with Crippen LogP contribution in [0.25, 0.3) is 0 Å². The van der Waals surface area contributed by atoms with Gasteiger partial charge < -0.3 is 10.2 Å². The van der Waals surface area contributed by atoms with Gasteiger partial charge in [0.05, 0.1) is 0 Å². The zero-order chi connectivity index (χ0) is 12.5. The predicted octanol–water partition coefficient (Wildman–Crippen LogP) is 2.10. The van der Waals surface area contributed by atoms with Gasteiger partial charge in [-0.2, -0.15) is 0 Å². The first kappa shape index (κ1) is 12.0. The Hall–Kier alpha value is -1.42. The van der Waals surface area contributed by atoms with Gasteiger partial charge in [-0.05, 0) is 24.8 Å². The molecule has 1 aromatic carbocycles. The number of carboxylic acids is 1. The molecule has 0 radical (unpaired) electrons. The summed E-state index contributed by atoms with van der Waals surface area (Å²) in [5.41, 5.74) is -1.64. The zero-order valence-electron chi connectivity index (χ0n) is 9.34. The van der Waals surface area contributed by atoms with Crippen molar-refractivity contribution in [1.29, 1.82) is 0 Å². The summed E-state index contributed by atoms with van der Waals surface area (Å²) in [5.74, 6) is -1.86. The first-order valence-electron chi connectivity index (χ1n) is 5.70. The molecule has 0 aliphatic heterocycles. The highest BCUT2D eigenvalue weighted by Crippen LogP contribution is 2.41. The SMILES string of the molecule is O=C(O)[C@@](O)(c1ccccc1)C1CCC(F)C1. The summed E-state index contributed by atoms with van der Waals surface area (Å²) in [6.07, 6.45) is -0.168. The third kappa shape index (κ3) is 2.05. The number of benzene rings is 1. The molecule has 0 bridgehead atoms. The summed E-state index contributed by atoms with van der Waals surface area (Å²) in [6, 6.07) is 8.23. The van der Waals surface area contributed by atoms with Gasteiger partial charge in [-0.25, -0.2) is 9.18 Å². The summed E-state index contributed by atoms with van der Waals surface area (Å²) in [4.78, 5) is 11.3. The highest BCUT2D eigenvalue weighted by atomic mass is 19.1. The molecule has 2 unspecified atom stereocenters. The highest BCUT2D eigenvalue weighted by Gasteiger charge is 2.48. The van der Waals surface area contributed by atoms with Crippen molar-refractivity contribution in [2.24, 2.45) is 5.92 Å².